The Labute approximate surface area is 118 Å². The third kappa shape index (κ3) is 3.31. The van der Waals surface area contributed by atoms with Crippen molar-refractivity contribution in [3.8, 4) is 5.75 Å². The Morgan fingerprint density at radius 3 is 2.94 bits per heavy atom. The van der Waals surface area contributed by atoms with Gasteiger partial charge in [-0.05, 0) is 40.2 Å². The van der Waals surface area contributed by atoms with Gasteiger partial charge in [-0.3, -0.25) is 9.98 Å². The molecule has 0 saturated carbocycles. The fourth-order valence-corrected chi connectivity index (χ4v) is 2.25. The fraction of sp³-hybridized carbons (Fsp3) is 0.0769. The standard InChI is InChI=1S/C13H10BrClN2O/c14-12-6-10(15)5-9(13(12)18)7-16-8-11-3-1-2-4-17-11/h1-7,18H,8H2. The zero-order valence-corrected chi connectivity index (χ0v) is 11.7. The summed E-state index contributed by atoms with van der Waals surface area (Å²) < 4.78 is 0.550. The molecule has 1 heterocycles. The Morgan fingerprint density at radius 2 is 2.22 bits per heavy atom. The predicted molar refractivity (Wildman–Crippen MR) is 76.4 cm³/mol. The molecule has 0 amide bonds. The summed E-state index contributed by atoms with van der Waals surface area (Å²) in [5.74, 6) is 0.129. The van der Waals surface area contributed by atoms with Crippen molar-refractivity contribution in [3.05, 3.63) is 57.3 Å². The molecule has 2 rings (SSSR count). The Bertz CT molecular complexity index is 573. The van der Waals surface area contributed by atoms with Crippen molar-refractivity contribution < 1.29 is 5.11 Å². The summed E-state index contributed by atoms with van der Waals surface area (Å²) in [4.78, 5) is 8.38. The van der Waals surface area contributed by atoms with Gasteiger partial charge in [0, 0.05) is 23.0 Å². The average Bonchev–Trinajstić information content (AvgIpc) is 2.36. The maximum absolute atomic E-state index is 9.81. The molecule has 0 atom stereocenters. The van der Waals surface area contributed by atoms with E-state index in [1.165, 1.54) is 0 Å². The quantitative estimate of drug-likeness (QED) is 0.872. The van der Waals surface area contributed by atoms with Gasteiger partial charge in [-0.1, -0.05) is 17.7 Å². The van der Waals surface area contributed by atoms with E-state index in [2.05, 4.69) is 25.9 Å². The number of aromatic nitrogens is 1. The van der Waals surface area contributed by atoms with Crippen LogP contribution in [0.15, 0.2) is 46.0 Å². The molecule has 0 fully saturated rings. The van der Waals surface area contributed by atoms with Crippen LogP contribution in [-0.2, 0) is 6.54 Å². The third-order valence-corrected chi connectivity index (χ3v) is 3.09. The van der Waals surface area contributed by atoms with Gasteiger partial charge in [0.1, 0.15) is 5.75 Å². The molecule has 1 aromatic heterocycles. The number of aliphatic imine (C=N–C) groups is 1. The molecule has 5 heteroatoms. The van der Waals surface area contributed by atoms with Crippen LogP contribution in [-0.4, -0.2) is 16.3 Å². The molecule has 2 aromatic rings. The Hall–Kier alpha value is -1.39. The van der Waals surface area contributed by atoms with Gasteiger partial charge in [-0.25, -0.2) is 0 Å². The average molecular weight is 326 g/mol. The van der Waals surface area contributed by atoms with Crippen LogP contribution in [0, 0.1) is 0 Å². The first kappa shape index (κ1) is 13.1. The minimum atomic E-state index is 0.129. The summed E-state index contributed by atoms with van der Waals surface area (Å²) in [6.45, 7) is 0.463. The summed E-state index contributed by atoms with van der Waals surface area (Å²) in [5.41, 5.74) is 1.44. The van der Waals surface area contributed by atoms with E-state index in [4.69, 9.17) is 11.6 Å². The molecule has 3 nitrogen and oxygen atoms in total. The third-order valence-electron chi connectivity index (χ3n) is 2.27. The highest BCUT2D eigenvalue weighted by atomic mass is 79.9. The molecule has 0 bridgehead atoms. The predicted octanol–water partition coefficient (Wildman–Crippen LogP) is 3.82. The van der Waals surface area contributed by atoms with Crippen LogP contribution in [0.3, 0.4) is 0 Å². The smallest absolute Gasteiger partial charge is 0.138 e. The van der Waals surface area contributed by atoms with Gasteiger partial charge >= 0.3 is 0 Å². The van der Waals surface area contributed by atoms with E-state index in [-0.39, 0.29) is 5.75 Å². The Kier molecular flexibility index (Phi) is 4.33. The fourth-order valence-electron chi connectivity index (χ4n) is 1.41. The van der Waals surface area contributed by atoms with E-state index in [0.29, 0.717) is 21.6 Å². The minimum Gasteiger partial charge on any atom is -0.506 e. The number of nitrogens with zero attached hydrogens (tertiary/aromatic N) is 2. The molecule has 92 valence electrons. The maximum Gasteiger partial charge on any atom is 0.138 e. The molecule has 0 aliphatic rings. The zero-order chi connectivity index (χ0) is 13.0. The van der Waals surface area contributed by atoms with Crippen LogP contribution < -0.4 is 0 Å². The van der Waals surface area contributed by atoms with Gasteiger partial charge in [-0.15, -0.1) is 0 Å². The Morgan fingerprint density at radius 1 is 1.39 bits per heavy atom. The van der Waals surface area contributed by atoms with Crippen molar-refractivity contribution in [2.24, 2.45) is 4.99 Å². The molecule has 0 unspecified atom stereocenters. The monoisotopic (exact) mass is 324 g/mol. The number of halogens is 2. The molecule has 1 aromatic carbocycles. The van der Waals surface area contributed by atoms with E-state index in [1.807, 2.05) is 18.2 Å². The SMILES string of the molecule is Oc1c(Br)cc(Cl)cc1C=NCc1ccccn1. The second-order valence-corrected chi connectivity index (χ2v) is 4.91. The van der Waals surface area contributed by atoms with Crippen LogP contribution in [0.4, 0.5) is 0 Å². The van der Waals surface area contributed by atoms with E-state index in [1.54, 1.807) is 24.5 Å². The molecule has 0 aliphatic carbocycles. The first-order valence-corrected chi connectivity index (χ1v) is 6.41. The number of aromatic hydroxyl groups is 1. The van der Waals surface area contributed by atoms with E-state index >= 15 is 0 Å². The van der Waals surface area contributed by atoms with Gasteiger partial charge in [0.2, 0.25) is 0 Å². The summed E-state index contributed by atoms with van der Waals surface area (Å²) in [7, 11) is 0. The summed E-state index contributed by atoms with van der Waals surface area (Å²) >= 11 is 9.13. The van der Waals surface area contributed by atoms with E-state index in [9.17, 15) is 5.11 Å². The van der Waals surface area contributed by atoms with Gasteiger partial charge < -0.3 is 5.11 Å². The molecular weight excluding hydrogens is 316 g/mol. The number of hydrogen-bond donors (Lipinski definition) is 1. The number of hydrogen-bond acceptors (Lipinski definition) is 3. The highest BCUT2D eigenvalue weighted by molar-refractivity contribution is 9.10. The van der Waals surface area contributed by atoms with E-state index in [0.717, 1.165) is 5.69 Å². The van der Waals surface area contributed by atoms with Crippen LogP contribution in [0.2, 0.25) is 5.02 Å². The molecule has 1 N–H and O–H groups in total. The lowest BCUT2D eigenvalue weighted by Gasteiger charge is -2.02. The second kappa shape index (κ2) is 5.98. The lowest BCUT2D eigenvalue weighted by atomic mass is 10.2. The van der Waals surface area contributed by atoms with Crippen molar-refractivity contribution in [1.29, 1.82) is 0 Å². The molecule has 0 radical (unpaired) electrons. The molecule has 0 saturated heterocycles. The second-order valence-electron chi connectivity index (χ2n) is 3.62. The number of rotatable bonds is 3. The summed E-state index contributed by atoms with van der Waals surface area (Å²) in [5, 5.41) is 10.3. The van der Waals surface area contributed by atoms with Crippen molar-refractivity contribution in [2.45, 2.75) is 6.54 Å². The number of phenolic OH excluding ortho intramolecular Hbond substituents is 1. The highest BCUT2D eigenvalue weighted by Crippen LogP contribution is 2.30. The van der Waals surface area contributed by atoms with Gasteiger partial charge in [0.15, 0.2) is 0 Å². The Balaban J connectivity index is 2.15. The summed E-state index contributed by atoms with van der Waals surface area (Å²) in [6, 6.07) is 8.94. The van der Waals surface area contributed by atoms with Gasteiger partial charge in [0.05, 0.1) is 16.7 Å². The van der Waals surface area contributed by atoms with E-state index < -0.39 is 0 Å². The van der Waals surface area contributed by atoms with Crippen LogP contribution >= 0.6 is 27.5 Å². The zero-order valence-electron chi connectivity index (χ0n) is 9.35. The van der Waals surface area contributed by atoms with Crippen molar-refractivity contribution >= 4 is 33.7 Å². The summed E-state index contributed by atoms with van der Waals surface area (Å²) in [6.07, 6.45) is 3.30. The number of benzene rings is 1. The topological polar surface area (TPSA) is 45.5 Å². The molecular formula is C13H10BrClN2O. The van der Waals surface area contributed by atoms with Crippen molar-refractivity contribution in [2.75, 3.05) is 0 Å². The van der Waals surface area contributed by atoms with Crippen molar-refractivity contribution in [3.63, 3.8) is 0 Å². The van der Waals surface area contributed by atoms with Crippen LogP contribution in [0.5, 0.6) is 5.75 Å². The van der Waals surface area contributed by atoms with Gasteiger partial charge in [0.25, 0.3) is 0 Å². The van der Waals surface area contributed by atoms with Crippen molar-refractivity contribution in [1.82, 2.24) is 4.98 Å². The first-order valence-electron chi connectivity index (χ1n) is 5.24. The number of pyridine rings is 1. The lowest BCUT2D eigenvalue weighted by Crippen LogP contribution is -1.88. The van der Waals surface area contributed by atoms with Crippen LogP contribution in [0.1, 0.15) is 11.3 Å². The lowest BCUT2D eigenvalue weighted by molar-refractivity contribution is 0.471. The minimum absolute atomic E-state index is 0.129. The molecule has 18 heavy (non-hydrogen) atoms. The maximum atomic E-state index is 9.81. The highest BCUT2D eigenvalue weighted by Gasteiger charge is 2.05. The molecule has 0 aliphatic heterocycles. The normalized spacial score (nSPS) is 11.0. The largest absolute Gasteiger partial charge is 0.506 e. The van der Waals surface area contributed by atoms with Crippen LogP contribution in [0.25, 0.3) is 0 Å². The first-order chi connectivity index (χ1) is 8.66. The molecule has 0 spiro atoms. The van der Waals surface area contributed by atoms with Gasteiger partial charge in [-0.2, -0.15) is 0 Å². The number of phenols is 1.